The van der Waals surface area contributed by atoms with Gasteiger partial charge in [-0.3, -0.25) is 0 Å². The fraction of sp³-hybridized carbons (Fsp3) is 0.286. The first-order valence-electron chi connectivity index (χ1n) is 4.82. The van der Waals surface area contributed by atoms with Gasteiger partial charge in [0, 0.05) is 0 Å². The molecule has 0 aromatic heterocycles. The maximum Gasteiger partial charge on any atom is -0.0303 e. The van der Waals surface area contributed by atoms with Crippen molar-refractivity contribution in [3.05, 3.63) is 59.8 Å². The summed E-state index contributed by atoms with van der Waals surface area (Å²) in [6.45, 7) is 16.0. The molecule has 0 saturated carbocycles. The lowest BCUT2D eigenvalue weighted by atomic mass is 10.1. The SMILES string of the molecule is C=C(C)/C(C)=C/C=C\C(=C)/C(C)=C/C. The smallest absolute Gasteiger partial charge is 0.0303 e. The van der Waals surface area contributed by atoms with Crippen LogP contribution in [0.3, 0.4) is 0 Å². The Labute approximate surface area is 88.0 Å². The summed E-state index contributed by atoms with van der Waals surface area (Å²) < 4.78 is 0. The van der Waals surface area contributed by atoms with Crippen LogP contribution in [-0.2, 0) is 0 Å². The van der Waals surface area contributed by atoms with E-state index in [9.17, 15) is 0 Å². The Bertz CT molecular complexity index is 309. The third kappa shape index (κ3) is 4.66. The lowest BCUT2D eigenvalue weighted by Crippen LogP contribution is -1.77. The van der Waals surface area contributed by atoms with E-state index in [0.717, 1.165) is 11.1 Å². The molecule has 76 valence electrons. The van der Waals surface area contributed by atoms with Crippen LogP contribution in [0.4, 0.5) is 0 Å². The summed E-state index contributed by atoms with van der Waals surface area (Å²) in [5.41, 5.74) is 4.57. The van der Waals surface area contributed by atoms with Gasteiger partial charge < -0.3 is 0 Å². The van der Waals surface area contributed by atoms with Gasteiger partial charge in [0.05, 0.1) is 0 Å². The van der Waals surface area contributed by atoms with Crippen molar-refractivity contribution in [1.82, 2.24) is 0 Å². The second-order valence-electron chi connectivity index (χ2n) is 3.49. The van der Waals surface area contributed by atoms with E-state index in [-0.39, 0.29) is 0 Å². The fourth-order valence-corrected chi connectivity index (χ4v) is 0.768. The Kier molecular flexibility index (Phi) is 5.62. The minimum atomic E-state index is 1.05. The first-order valence-corrected chi connectivity index (χ1v) is 4.82. The third-order valence-corrected chi connectivity index (χ3v) is 2.26. The number of allylic oxidation sites excluding steroid dienone is 8. The number of hydrogen-bond donors (Lipinski definition) is 0. The van der Waals surface area contributed by atoms with Gasteiger partial charge in [0.2, 0.25) is 0 Å². The highest BCUT2D eigenvalue weighted by Crippen LogP contribution is 2.09. The predicted octanol–water partition coefficient (Wildman–Crippen LogP) is 4.59. The van der Waals surface area contributed by atoms with Crippen LogP contribution >= 0.6 is 0 Å². The molecule has 0 aromatic rings. The molecule has 0 aliphatic heterocycles. The van der Waals surface area contributed by atoms with Crippen LogP contribution in [0.2, 0.25) is 0 Å². The molecule has 0 bridgehead atoms. The lowest BCUT2D eigenvalue weighted by molar-refractivity contribution is 1.36. The maximum absolute atomic E-state index is 3.96. The number of rotatable bonds is 4. The first kappa shape index (κ1) is 12.7. The van der Waals surface area contributed by atoms with E-state index in [2.05, 4.69) is 39.2 Å². The summed E-state index contributed by atoms with van der Waals surface area (Å²) in [7, 11) is 0. The molecule has 0 aromatic carbocycles. The molecule has 0 aliphatic rings. The van der Waals surface area contributed by atoms with E-state index in [4.69, 9.17) is 0 Å². The molecule has 0 aliphatic carbocycles. The zero-order valence-electron chi connectivity index (χ0n) is 9.72. The second kappa shape index (κ2) is 6.20. The summed E-state index contributed by atoms with van der Waals surface area (Å²) in [5.74, 6) is 0. The van der Waals surface area contributed by atoms with E-state index in [0.29, 0.717) is 0 Å². The Balaban J connectivity index is 4.41. The normalized spacial score (nSPS) is 13.4. The molecule has 0 heterocycles. The highest BCUT2D eigenvalue weighted by molar-refractivity contribution is 5.38. The zero-order valence-corrected chi connectivity index (χ0v) is 9.72. The van der Waals surface area contributed by atoms with Crippen molar-refractivity contribution in [2.75, 3.05) is 0 Å². The Morgan fingerprint density at radius 1 is 1.00 bits per heavy atom. The van der Waals surface area contributed by atoms with Crippen molar-refractivity contribution in [1.29, 1.82) is 0 Å². The van der Waals surface area contributed by atoms with E-state index in [1.165, 1.54) is 11.1 Å². The molecular formula is C14H20. The van der Waals surface area contributed by atoms with Crippen molar-refractivity contribution in [2.45, 2.75) is 27.7 Å². The van der Waals surface area contributed by atoms with Crippen molar-refractivity contribution >= 4 is 0 Å². The molecule has 0 fully saturated rings. The zero-order chi connectivity index (χ0) is 11.1. The largest absolute Gasteiger partial charge is 0.0958 e. The van der Waals surface area contributed by atoms with Gasteiger partial charge in [-0.05, 0) is 44.4 Å². The van der Waals surface area contributed by atoms with Gasteiger partial charge in [-0.25, -0.2) is 0 Å². The first-order chi connectivity index (χ1) is 6.49. The van der Waals surface area contributed by atoms with Crippen LogP contribution in [0.25, 0.3) is 0 Å². The van der Waals surface area contributed by atoms with Crippen molar-refractivity contribution in [3.8, 4) is 0 Å². The van der Waals surface area contributed by atoms with Crippen molar-refractivity contribution < 1.29 is 0 Å². The Morgan fingerprint density at radius 3 is 2.00 bits per heavy atom. The van der Waals surface area contributed by atoms with E-state index >= 15 is 0 Å². The van der Waals surface area contributed by atoms with Gasteiger partial charge in [-0.1, -0.05) is 43.0 Å². The summed E-state index contributed by atoms with van der Waals surface area (Å²) in [6, 6.07) is 0. The van der Waals surface area contributed by atoms with Gasteiger partial charge in [-0.15, -0.1) is 0 Å². The van der Waals surface area contributed by atoms with Crippen LogP contribution in [-0.4, -0.2) is 0 Å². The molecule has 0 rings (SSSR count). The minimum absolute atomic E-state index is 1.05. The van der Waals surface area contributed by atoms with Gasteiger partial charge in [-0.2, -0.15) is 0 Å². The average Bonchev–Trinajstić information content (AvgIpc) is 2.15. The standard InChI is InChI=1S/C14H20/c1-7-12(4)14(6)10-8-9-13(5)11(2)3/h7-10H,2,6H2,1,3-5H3/b10-8-,12-7+,13-9+. The molecular weight excluding hydrogens is 168 g/mol. The summed E-state index contributed by atoms with van der Waals surface area (Å²) >= 11 is 0. The summed E-state index contributed by atoms with van der Waals surface area (Å²) in [5, 5.41) is 0. The van der Waals surface area contributed by atoms with E-state index in [1.54, 1.807) is 0 Å². The predicted molar refractivity (Wildman–Crippen MR) is 66.3 cm³/mol. The van der Waals surface area contributed by atoms with Crippen LogP contribution in [0.1, 0.15) is 27.7 Å². The molecule has 0 atom stereocenters. The molecule has 14 heavy (non-hydrogen) atoms. The summed E-state index contributed by atoms with van der Waals surface area (Å²) in [4.78, 5) is 0. The Hall–Kier alpha value is -1.30. The van der Waals surface area contributed by atoms with Crippen LogP contribution in [0.5, 0.6) is 0 Å². The highest BCUT2D eigenvalue weighted by Gasteiger charge is 1.89. The van der Waals surface area contributed by atoms with Crippen LogP contribution in [0, 0.1) is 0 Å². The van der Waals surface area contributed by atoms with E-state index < -0.39 is 0 Å². The minimum Gasteiger partial charge on any atom is -0.0958 e. The second-order valence-corrected chi connectivity index (χ2v) is 3.49. The fourth-order valence-electron chi connectivity index (χ4n) is 0.768. The molecule has 0 nitrogen and oxygen atoms in total. The average molecular weight is 188 g/mol. The monoisotopic (exact) mass is 188 g/mol. The lowest BCUT2D eigenvalue weighted by Gasteiger charge is -1.98. The maximum atomic E-state index is 3.96. The molecule has 0 unspecified atom stereocenters. The van der Waals surface area contributed by atoms with Gasteiger partial charge in [0.15, 0.2) is 0 Å². The molecule has 0 radical (unpaired) electrons. The molecule has 0 amide bonds. The van der Waals surface area contributed by atoms with E-state index in [1.807, 2.05) is 26.0 Å². The topological polar surface area (TPSA) is 0 Å². The van der Waals surface area contributed by atoms with Gasteiger partial charge in [0.25, 0.3) is 0 Å². The highest BCUT2D eigenvalue weighted by atomic mass is 13.9. The van der Waals surface area contributed by atoms with Crippen molar-refractivity contribution in [2.24, 2.45) is 0 Å². The van der Waals surface area contributed by atoms with Gasteiger partial charge in [0.1, 0.15) is 0 Å². The summed E-state index contributed by atoms with van der Waals surface area (Å²) in [6.07, 6.45) is 8.14. The Morgan fingerprint density at radius 2 is 1.57 bits per heavy atom. The van der Waals surface area contributed by atoms with Crippen molar-refractivity contribution in [3.63, 3.8) is 0 Å². The molecule has 0 N–H and O–H groups in total. The molecule has 0 heteroatoms. The van der Waals surface area contributed by atoms with Crippen LogP contribution in [0.15, 0.2) is 59.8 Å². The third-order valence-electron chi connectivity index (χ3n) is 2.26. The molecule has 0 saturated heterocycles. The van der Waals surface area contributed by atoms with Crippen LogP contribution < -0.4 is 0 Å². The van der Waals surface area contributed by atoms with Gasteiger partial charge >= 0.3 is 0 Å². The quantitative estimate of drug-likeness (QED) is 0.566. The number of hydrogen-bond acceptors (Lipinski definition) is 0. The molecule has 0 spiro atoms.